The predicted molar refractivity (Wildman–Crippen MR) is 104 cm³/mol. The number of halogens is 1. The number of likely N-dealkylation sites (tertiary alicyclic amines) is 1. The van der Waals surface area contributed by atoms with Gasteiger partial charge in [-0.15, -0.1) is 0 Å². The van der Waals surface area contributed by atoms with E-state index < -0.39 is 11.7 Å². The molecule has 27 heavy (non-hydrogen) atoms. The molecule has 0 aromatic carbocycles. The third-order valence-electron chi connectivity index (χ3n) is 4.21. The van der Waals surface area contributed by atoms with E-state index in [0.717, 1.165) is 50.9 Å². The Labute approximate surface area is 161 Å². The lowest BCUT2D eigenvalue weighted by atomic mass is 10.1. The van der Waals surface area contributed by atoms with Crippen molar-refractivity contribution >= 4 is 6.09 Å². The Balaban J connectivity index is 0.000000387. The zero-order valence-electron chi connectivity index (χ0n) is 17.0. The minimum Gasteiger partial charge on any atom is -0.444 e. The highest BCUT2D eigenvalue weighted by Crippen LogP contribution is 2.13. The number of aryl methyl sites for hydroxylation is 2. The molecule has 6 nitrogen and oxygen atoms in total. The molecule has 7 heteroatoms. The number of rotatable bonds is 5. The van der Waals surface area contributed by atoms with Crippen molar-refractivity contribution in [1.29, 1.82) is 0 Å². The number of carbonyl (C=O) groups excluding carboxylic acids is 1. The number of aliphatic hydroxyl groups excluding tert-OH is 1. The lowest BCUT2D eigenvalue weighted by molar-refractivity contribution is 0.0600. The van der Waals surface area contributed by atoms with E-state index in [1.165, 1.54) is 0 Å². The summed E-state index contributed by atoms with van der Waals surface area (Å²) in [6, 6.07) is 1.62. The topological polar surface area (TPSA) is 88.7 Å². The predicted octanol–water partition coefficient (Wildman–Crippen LogP) is 3.05. The molecule has 0 radical (unpaired) electrons. The Morgan fingerprint density at radius 3 is 2.48 bits per heavy atom. The highest BCUT2D eigenvalue weighted by Gasteiger charge is 2.16. The van der Waals surface area contributed by atoms with Crippen LogP contribution >= 0.6 is 0 Å². The maximum Gasteiger partial charge on any atom is 0.405 e. The van der Waals surface area contributed by atoms with Gasteiger partial charge < -0.3 is 20.5 Å². The number of hydrogen-bond donors (Lipinski definition) is 2. The quantitative estimate of drug-likeness (QED) is 0.816. The summed E-state index contributed by atoms with van der Waals surface area (Å²) in [4.78, 5) is 16.5. The lowest BCUT2D eigenvalue weighted by Gasteiger charge is -2.29. The zero-order valence-corrected chi connectivity index (χ0v) is 17.0. The van der Waals surface area contributed by atoms with Gasteiger partial charge in [0.15, 0.2) is 0 Å². The third kappa shape index (κ3) is 10.2. The maximum absolute atomic E-state index is 13.6. The number of piperidine rings is 1. The van der Waals surface area contributed by atoms with Crippen LogP contribution in [0.1, 0.15) is 58.2 Å². The molecule has 2 heterocycles. The highest BCUT2D eigenvalue weighted by molar-refractivity contribution is 5.65. The van der Waals surface area contributed by atoms with Gasteiger partial charge in [-0.3, -0.25) is 4.98 Å². The zero-order chi connectivity index (χ0) is 20.4. The average molecular weight is 384 g/mol. The fraction of sp³-hybridized carbons (Fsp3) is 0.700. The standard InChI is InChI=1S/C15H23FN2O.C5H11NO2/c1-2-15-14(16)10-12(11-17-15)4-3-7-18-8-5-13(19)6-9-18;1-5(2,3)8-4(6)7/h10-11,13,19H,2-9H2,1H3;1-3H3,(H2,6,7). The van der Waals surface area contributed by atoms with E-state index in [1.54, 1.807) is 33.0 Å². The monoisotopic (exact) mass is 383 g/mol. The Hall–Kier alpha value is -1.73. The second kappa shape index (κ2) is 11.2. The van der Waals surface area contributed by atoms with Crippen molar-refractivity contribution in [2.45, 2.75) is 71.5 Å². The highest BCUT2D eigenvalue weighted by atomic mass is 19.1. The first-order chi connectivity index (χ1) is 12.6. The number of nitrogens with two attached hydrogens (primary N) is 1. The maximum atomic E-state index is 13.6. The summed E-state index contributed by atoms with van der Waals surface area (Å²) in [6.45, 7) is 10.2. The molecular formula is C20H34FN3O3. The number of pyridine rings is 1. The van der Waals surface area contributed by atoms with Crippen molar-refractivity contribution in [2.75, 3.05) is 19.6 Å². The van der Waals surface area contributed by atoms with Crippen molar-refractivity contribution in [3.05, 3.63) is 29.3 Å². The lowest BCUT2D eigenvalue weighted by Crippen LogP contribution is -2.36. The van der Waals surface area contributed by atoms with E-state index >= 15 is 0 Å². The fourth-order valence-electron chi connectivity index (χ4n) is 2.85. The van der Waals surface area contributed by atoms with Crippen LogP contribution in [0, 0.1) is 5.82 Å². The molecule has 3 N–H and O–H groups in total. The number of carbonyl (C=O) groups is 1. The van der Waals surface area contributed by atoms with Crippen LogP contribution < -0.4 is 5.73 Å². The van der Waals surface area contributed by atoms with Crippen molar-refractivity contribution < 1.29 is 19.0 Å². The molecule has 154 valence electrons. The van der Waals surface area contributed by atoms with Crippen molar-refractivity contribution in [3.63, 3.8) is 0 Å². The summed E-state index contributed by atoms with van der Waals surface area (Å²) in [5.74, 6) is -0.180. The minimum atomic E-state index is -0.725. The van der Waals surface area contributed by atoms with Crippen LogP contribution in [0.3, 0.4) is 0 Å². The summed E-state index contributed by atoms with van der Waals surface area (Å²) in [7, 11) is 0. The van der Waals surface area contributed by atoms with Gasteiger partial charge in [-0.05, 0) is 71.0 Å². The summed E-state index contributed by atoms with van der Waals surface area (Å²) >= 11 is 0. The first-order valence-electron chi connectivity index (χ1n) is 9.63. The van der Waals surface area contributed by atoms with Crippen molar-refractivity contribution in [1.82, 2.24) is 9.88 Å². The number of amides is 1. The van der Waals surface area contributed by atoms with Gasteiger partial charge in [0.1, 0.15) is 11.4 Å². The normalized spacial score (nSPS) is 15.8. The molecule has 0 saturated carbocycles. The molecule has 1 amide bonds. The molecule has 1 saturated heterocycles. The van der Waals surface area contributed by atoms with Gasteiger partial charge in [0.2, 0.25) is 0 Å². The first-order valence-corrected chi connectivity index (χ1v) is 9.63. The molecule has 0 atom stereocenters. The van der Waals surface area contributed by atoms with Gasteiger partial charge in [0, 0.05) is 19.3 Å². The van der Waals surface area contributed by atoms with E-state index in [4.69, 9.17) is 5.73 Å². The van der Waals surface area contributed by atoms with Crippen LogP contribution in [-0.4, -0.2) is 52.4 Å². The third-order valence-corrected chi connectivity index (χ3v) is 4.21. The minimum absolute atomic E-state index is 0.115. The summed E-state index contributed by atoms with van der Waals surface area (Å²) in [6.07, 6.45) is 5.23. The number of ether oxygens (including phenoxy) is 1. The fourth-order valence-corrected chi connectivity index (χ4v) is 2.85. The molecule has 0 spiro atoms. The first kappa shape index (κ1) is 23.3. The second-order valence-corrected chi connectivity index (χ2v) is 7.84. The van der Waals surface area contributed by atoms with Crippen LogP contribution in [-0.2, 0) is 17.6 Å². The van der Waals surface area contributed by atoms with E-state index in [1.807, 2.05) is 6.92 Å². The molecule has 1 aromatic rings. The molecule has 1 aliphatic heterocycles. The summed E-state index contributed by atoms with van der Waals surface area (Å²) < 4.78 is 18.2. The molecule has 2 rings (SSSR count). The molecule has 0 bridgehead atoms. The van der Waals surface area contributed by atoms with Gasteiger partial charge in [0.05, 0.1) is 11.8 Å². The van der Waals surface area contributed by atoms with E-state index in [-0.39, 0.29) is 11.9 Å². The van der Waals surface area contributed by atoms with Crippen molar-refractivity contribution in [3.8, 4) is 0 Å². The number of aromatic nitrogens is 1. The van der Waals surface area contributed by atoms with Crippen molar-refractivity contribution in [2.24, 2.45) is 5.73 Å². The molecule has 1 aromatic heterocycles. The van der Waals surface area contributed by atoms with Crippen LogP contribution in [0.25, 0.3) is 0 Å². The van der Waals surface area contributed by atoms with Gasteiger partial charge in [-0.25, -0.2) is 9.18 Å². The molecule has 1 fully saturated rings. The van der Waals surface area contributed by atoms with Gasteiger partial charge in [0.25, 0.3) is 0 Å². The Morgan fingerprint density at radius 1 is 1.41 bits per heavy atom. The summed E-state index contributed by atoms with van der Waals surface area (Å²) in [5, 5.41) is 9.43. The SMILES string of the molecule is CC(C)(C)OC(N)=O.CCc1ncc(CCCN2CCC(O)CC2)cc1F. The van der Waals surface area contributed by atoms with Crippen LogP contribution in [0.4, 0.5) is 9.18 Å². The number of hydrogen-bond acceptors (Lipinski definition) is 5. The molecule has 1 aliphatic rings. The smallest absolute Gasteiger partial charge is 0.405 e. The second-order valence-electron chi connectivity index (χ2n) is 7.84. The Kier molecular flexibility index (Phi) is 9.66. The van der Waals surface area contributed by atoms with E-state index in [9.17, 15) is 14.3 Å². The Morgan fingerprint density at radius 2 is 2.04 bits per heavy atom. The molecule has 0 aliphatic carbocycles. The largest absolute Gasteiger partial charge is 0.444 e. The van der Waals surface area contributed by atoms with Crippen LogP contribution in [0.15, 0.2) is 12.3 Å². The number of nitrogens with zero attached hydrogens (tertiary/aromatic N) is 2. The molecule has 0 unspecified atom stereocenters. The van der Waals surface area contributed by atoms with Gasteiger partial charge >= 0.3 is 6.09 Å². The van der Waals surface area contributed by atoms with E-state index in [0.29, 0.717) is 12.1 Å². The van der Waals surface area contributed by atoms with E-state index in [2.05, 4.69) is 14.6 Å². The number of primary amides is 1. The van der Waals surface area contributed by atoms with Crippen LogP contribution in [0.2, 0.25) is 0 Å². The van der Waals surface area contributed by atoms with Crippen LogP contribution in [0.5, 0.6) is 0 Å². The molecular weight excluding hydrogens is 349 g/mol. The summed E-state index contributed by atoms with van der Waals surface area (Å²) in [5.41, 5.74) is 5.79. The number of aliphatic hydroxyl groups is 1. The average Bonchev–Trinajstić information content (AvgIpc) is 2.55. The van der Waals surface area contributed by atoms with Gasteiger partial charge in [-0.2, -0.15) is 0 Å². The Bertz CT molecular complexity index is 582. The van der Waals surface area contributed by atoms with Gasteiger partial charge in [-0.1, -0.05) is 6.92 Å².